The third-order valence-corrected chi connectivity index (χ3v) is 5.91. The molecule has 26 heavy (non-hydrogen) atoms. The molecule has 2 aliphatic rings. The second-order valence-corrected chi connectivity index (χ2v) is 7.66. The lowest BCUT2D eigenvalue weighted by atomic mass is 9.92. The first-order valence-corrected chi connectivity index (χ1v) is 9.77. The molecule has 1 fully saturated rings. The van der Waals surface area contributed by atoms with Gasteiger partial charge in [-0.1, -0.05) is 48.5 Å². The van der Waals surface area contributed by atoms with Crippen LogP contribution in [0.3, 0.4) is 0 Å². The zero-order chi connectivity index (χ0) is 17.9. The molecule has 1 aliphatic carbocycles. The van der Waals surface area contributed by atoms with Gasteiger partial charge in [-0.15, -0.1) is 0 Å². The van der Waals surface area contributed by atoms with Gasteiger partial charge in [0.25, 0.3) is 0 Å². The minimum Gasteiger partial charge on any atom is -0.465 e. The van der Waals surface area contributed by atoms with E-state index in [1.165, 1.54) is 32.4 Å². The van der Waals surface area contributed by atoms with Gasteiger partial charge in [0, 0.05) is 0 Å². The zero-order valence-corrected chi connectivity index (χ0v) is 15.5. The van der Waals surface area contributed by atoms with Crippen molar-refractivity contribution in [2.75, 3.05) is 26.7 Å². The Morgan fingerprint density at radius 2 is 1.58 bits per heavy atom. The Morgan fingerprint density at radius 3 is 2.19 bits per heavy atom. The number of hydrogen-bond acceptors (Lipinski definition) is 3. The number of rotatable bonds is 5. The number of carbonyl (C=O) groups excluding carboxylic acids is 1. The summed E-state index contributed by atoms with van der Waals surface area (Å²) in [7, 11) is 2.19. The average molecular weight is 349 g/mol. The topological polar surface area (TPSA) is 29.5 Å². The molecule has 2 aromatic rings. The number of benzene rings is 2. The lowest BCUT2D eigenvalue weighted by molar-refractivity contribution is -0.144. The zero-order valence-electron chi connectivity index (χ0n) is 15.5. The highest BCUT2D eigenvalue weighted by Crippen LogP contribution is 2.45. The molecule has 0 saturated carbocycles. The molecule has 0 aromatic heterocycles. The number of fused-ring (bicyclic) bond motifs is 3. The Balaban J connectivity index is 1.36. The second kappa shape index (κ2) is 7.63. The monoisotopic (exact) mass is 349 g/mol. The number of carbonyl (C=O) groups is 1. The van der Waals surface area contributed by atoms with Crippen molar-refractivity contribution in [2.45, 2.75) is 31.6 Å². The van der Waals surface area contributed by atoms with Crippen LogP contribution in [-0.2, 0) is 9.53 Å². The molecule has 3 heteroatoms. The fraction of sp³-hybridized carbons (Fsp3) is 0.435. The standard InChI is InChI=1S/C23H27NO2/c1-24-14-12-17(13-15-24)7-6-16-26-23(25)22-20-10-4-2-8-18(20)19-9-3-5-11-21(19)22/h2-5,8-11,17,22H,6-7,12-16H2,1H3. The molecule has 3 nitrogen and oxygen atoms in total. The molecule has 1 saturated heterocycles. The van der Waals surface area contributed by atoms with E-state index in [0.717, 1.165) is 34.6 Å². The van der Waals surface area contributed by atoms with Gasteiger partial charge in [0.1, 0.15) is 5.92 Å². The highest BCUT2D eigenvalue weighted by molar-refractivity contribution is 5.93. The third-order valence-electron chi connectivity index (χ3n) is 5.91. The van der Waals surface area contributed by atoms with E-state index in [1.54, 1.807) is 0 Å². The van der Waals surface area contributed by atoms with Crippen molar-refractivity contribution >= 4 is 5.97 Å². The molecule has 0 atom stereocenters. The Hall–Kier alpha value is -2.13. The number of likely N-dealkylation sites (tertiary alicyclic amines) is 1. The van der Waals surface area contributed by atoms with Gasteiger partial charge in [-0.3, -0.25) is 4.79 Å². The van der Waals surface area contributed by atoms with Crippen molar-refractivity contribution < 1.29 is 9.53 Å². The summed E-state index contributed by atoms with van der Waals surface area (Å²) in [6.07, 6.45) is 4.68. The summed E-state index contributed by atoms with van der Waals surface area (Å²) >= 11 is 0. The van der Waals surface area contributed by atoms with E-state index in [0.29, 0.717) is 6.61 Å². The molecular weight excluding hydrogens is 322 g/mol. The van der Waals surface area contributed by atoms with Crippen molar-refractivity contribution in [2.24, 2.45) is 5.92 Å². The molecule has 1 aliphatic heterocycles. The molecule has 0 amide bonds. The molecule has 136 valence electrons. The summed E-state index contributed by atoms with van der Waals surface area (Å²) < 4.78 is 5.70. The van der Waals surface area contributed by atoms with Gasteiger partial charge < -0.3 is 9.64 Å². The predicted octanol–water partition coefficient (Wildman–Crippen LogP) is 4.46. The minimum atomic E-state index is -0.272. The maximum absolute atomic E-state index is 12.8. The van der Waals surface area contributed by atoms with E-state index in [-0.39, 0.29) is 11.9 Å². The number of ether oxygens (including phenoxy) is 1. The summed E-state index contributed by atoms with van der Waals surface area (Å²) in [6, 6.07) is 16.4. The van der Waals surface area contributed by atoms with Crippen LogP contribution in [0.1, 0.15) is 42.7 Å². The van der Waals surface area contributed by atoms with Gasteiger partial charge in [-0.25, -0.2) is 0 Å². The van der Waals surface area contributed by atoms with Crippen LogP contribution in [-0.4, -0.2) is 37.6 Å². The van der Waals surface area contributed by atoms with Crippen molar-refractivity contribution in [1.82, 2.24) is 4.90 Å². The molecule has 1 heterocycles. The van der Waals surface area contributed by atoms with E-state index < -0.39 is 0 Å². The summed E-state index contributed by atoms with van der Waals surface area (Å²) in [5.41, 5.74) is 4.48. The van der Waals surface area contributed by atoms with Gasteiger partial charge >= 0.3 is 5.97 Å². The maximum Gasteiger partial charge on any atom is 0.317 e. The maximum atomic E-state index is 12.8. The van der Waals surface area contributed by atoms with Gasteiger partial charge in [-0.05, 0) is 74.0 Å². The molecule has 4 rings (SSSR count). The lowest BCUT2D eigenvalue weighted by Crippen LogP contribution is -2.30. The molecule has 0 radical (unpaired) electrons. The molecule has 0 N–H and O–H groups in total. The van der Waals surface area contributed by atoms with Gasteiger partial charge in [0.15, 0.2) is 0 Å². The van der Waals surface area contributed by atoms with Gasteiger partial charge in [0.2, 0.25) is 0 Å². The first-order chi connectivity index (χ1) is 12.7. The van der Waals surface area contributed by atoms with Crippen LogP contribution in [0.15, 0.2) is 48.5 Å². The number of nitrogens with zero attached hydrogens (tertiary/aromatic N) is 1. The fourth-order valence-corrected chi connectivity index (χ4v) is 4.39. The van der Waals surface area contributed by atoms with Crippen molar-refractivity contribution in [1.29, 1.82) is 0 Å². The highest BCUT2D eigenvalue weighted by Gasteiger charge is 2.34. The second-order valence-electron chi connectivity index (χ2n) is 7.66. The van der Waals surface area contributed by atoms with Crippen LogP contribution < -0.4 is 0 Å². The number of esters is 1. The van der Waals surface area contributed by atoms with Crippen LogP contribution in [0.25, 0.3) is 11.1 Å². The Bertz CT molecular complexity index is 732. The molecular formula is C23H27NO2. The van der Waals surface area contributed by atoms with E-state index in [4.69, 9.17) is 4.74 Å². The van der Waals surface area contributed by atoms with Gasteiger partial charge in [-0.2, -0.15) is 0 Å². The SMILES string of the molecule is CN1CCC(CCCOC(=O)C2c3ccccc3-c3ccccc32)CC1. The van der Waals surface area contributed by atoms with Crippen molar-refractivity contribution in [3.05, 3.63) is 59.7 Å². The Morgan fingerprint density at radius 1 is 1.00 bits per heavy atom. The van der Waals surface area contributed by atoms with Crippen LogP contribution >= 0.6 is 0 Å². The van der Waals surface area contributed by atoms with Crippen LogP contribution in [0.5, 0.6) is 0 Å². The Kier molecular flexibility index (Phi) is 5.07. The number of hydrogen-bond donors (Lipinski definition) is 0. The quantitative estimate of drug-likeness (QED) is 0.589. The van der Waals surface area contributed by atoms with Crippen LogP contribution in [0.2, 0.25) is 0 Å². The highest BCUT2D eigenvalue weighted by atomic mass is 16.5. The van der Waals surface area contributed by atoms with Crippen molar-refractivity contribution in [3.63, 3.8) is 0 Å². The summed E-state index contributed by atoms with van der Waals surface area (Å²) in [6.45, 7) is 2.92. The van der Waals surface area contributed by atoms with E-state index in [2.05, 4.69) is 36.2 Å². The van der Waals surface area contributed by atoms with Gasteiger partial charge in [0.05, 0.1) is 6.61 Å². The number of piperidine rings is 1. The smallest absolute Gasteiger partial charge is 0.317 e. The summed E-state index contributed by atoms with van der Waals surface area (Å²) in [5.74, 6) is 0.411. The third kappa shape index (κ3) is 3.41. The first-order valence-electron chi connectivity index (χ1n) is 9.77. The molecule has 0 spiro atoms. The molecule has 2 aromatic carbocycles. The van der Waals surface area contributed by atoms with Crippen molar-refractivity contribution in [3.8, 4) is 11.1 Å². The van der Waals surface area contributed by atoms with E-state index in [1.807, 2.05) is 24.3 Å². The average Bonchev–Trinajstić information content (AvgIpc) is 3.01. The summed E-state index contributed by atoms with van der Waals surface area (Å²) in [5, 5.41) is 0. The van der Waals surface area contributed by atoms with E-state index >= 15 is 0 Å². The first kappa shape index (κ1) is 17.3. The van der Waals surface area contributed by atoms with Crippen LogP contribution in [0, 0.1) is 5.92 Å². The summed E-state index contributed by atoms with van der Waals surface area (Å²) in [4.78, 5) is 15.2. The minimum absolute atomic E-state index is 0.106. The molecule has 0 unspecified atom stereocenters. The predicted molar refractivity (Wildman–Crippen MR) is 104 cm³/mol. The lowest BCUT2D eigenvalue weighted by Gasteiger charge is -2.28. The Labute approximate surface area is 156 Å². The molecule has 0 bridgehead atoms. The van der Waals surface area contributed by atoms with Crippen LogP contribution in [0.4, 0.5) is 0 Å². The normalized spacial score (nSPS) is 17.7. The fourth-order valence-electron chi connectivity index (χ4n) is 4.39. The van der Waals surface area contributed by atoms with E-state index in [9.17, 15) is 4.79 Å². The largest absolute Gasteiger partial charge is 0.465 e.